The fourth-order valence-corrected chi connectivity index (χ4v) is 3.45. The van der Waals surface area contributed by atoms with Gasteiger partial charge in [-0.3, -0.25) is 4.90 Å². The van der Waals surface area contributed by atoms with Crippen molar-refractivity contribution in [3.63, 3.8) is 0 Å². The van der Waals surface area contributed by atoms with Gasteiger partial charge in [-0.05, 0) is 44.2 Å². The Morgan fingerprint density at radius 2 is 2.00 bits per heavy atom. The van der Waals surface area contributed by atoms with E-state index in [1.54, 1.807) is 6.20 Å². The quantitative estimate of drug-likeness (QED) is 0.703. The largest absolute Gasteiger partial charge is 0.354 e. The number of rotatable bonds is 5. The van der Waals surface area contributed by atoms with E-state index in [1.807, 2.05) is 53.3 Å². The van der Waals surface area contributed by atoms with Crippen LogP contribution in [0, 0.1) is 0 Å². The SMILES string of the molecule is CN(Cc1cn(-c2ccccc2)nn1)[C@H]1CCCN(c2cccnn2)C1. The van der Waals surface area contributed by atoms with Crippen LogP contribution in [0.2, 0.25) is 0 Å². The van der Waals surface area contributed by atoms with Crippen molar-refractivity contribution in [1.29, 1.82) is 0 Å². The number of aromatic nitrogens is 5. The van der Waals surface area contributed by atoms with Crippen molar-refractivity contribution in [3.05, 3.63) is 60.6 Å². The molecule has 3 aromatic rings. The zero-order valence-electron chi connectivity index (χ0n) is 14.9. The number of likely N-dealkylation sites (N-methyl/N-ethyl adjacent to an activating group) is 1. The molecule has 7 nitrogen and oxygen atoms in total. The molecule has 0 spiro atoms. The lowest BCUT2D eigenvalue weighted by Crippen LogP contribution is -2.46. The Hall–Kier alpha value is -2.80. The number of hydrogen-bond acceptors (Lipinski definition) is 6. The average Bonchev–Trinajstić information content (AvgIpc) is 3.18. The summed E-state index contributed by atoms with van der Waals surface area (Å²) in [6, 6.07) is 14.5. The fourth-order valence-electron chi connectivity index (χ4n) is 3.45. The van der Waals surface area contributed by atoms with E-state index in [-0.39, 0.29) is 0 Å². The van der Waals surface area contributed by atoms with Crippen LogP contribution in [0.4, 0.5) is 5.82 Å². The van der Waals surface area contributed by atoms with Crippen molar-refractivity contribution >= 4 is 5.82 Å². The van der Waals surface area contributed by atoms with Gasteiger partial charge in [0.2, 0.25) is 0 Å². The normalized spacial score (nSPS) is 17.6. The second-order valence-corrected chi connectivity index (χ2v) is 6.73. The third-order valence-corrected chi connectivity index (χ3v) is 4.88. The van der Waals surface area contributed by atoms with Gasteiger partial charge < -0.3 is 4.90 Å². The first-order valence-corrected chi connectivity index (χ1v) is 8.99. The summed E-state index contributed by atoms with van der Waals surface area (Å²) in [5.74, 6) is 0.959. The molecule has 0 saturated carbocycles. The first kappa shape index (κ1) is 16.7. The van der Waals surface area contributed by atoms with Gasteiger partial charge in [0.15, 0.2) is 5.82 Å². The molecule has 0 N–H and O–H groups in total. The lowest BCUT2D eigenvalue weighted by molar-refractivity contribution is 0.205. The molecule has 0 unspecified atom stereocenters. The van der Waals surface area contributed by atoms with E-state index >= 15 is 0 Å². The number of para-hydroxylation sites is 1. The van der Waals surface area contributed by atoms with E-state index in [9.17, 15) is 0 Å². The maximum absolute atomic E-state index is 4.34. The zero-order valence-corrected chi connectivity index (χ0v) is 14.9. The number of anilines is 1. The summed E-state index contributed by atoms with van der Waals surface area (Å²) >= 11 is 0. The first-order chi connectivity index (χ1) is 12.8. The summed E-state index contributed by atoms with van der Waals surface area (Å²) in [5, 5.41) is 16.8. The van der Waals surface area contributed by atoms with E-state index in [2.05, 4.69) is 37.4 Å². The topological polar surface area (TPSA) is 63.0 Å². The predicted octanol–water partition coefficient (Wildman–Crippen LogP) is 2.16. The Labute approximate surface area is 153 Å². The van der Waals surface area contributed by atoms with E-state index in [0.29, 0.717) is 6.04 Å². The molecule has 1 aromatic carbocycles. The van der Waals surface area contributed by atoms with E-state index < -0.39 is 0 Å². The van der Waals surface area contributed by atoms with Gasteiger partial charge in [-0.25, -0.2) is 4.68 Å². The lowest BCUT2D eigenvalue weighted by Gasteiger charge is -2.37. The summed E-state index contributed by atoms with van der Waals surface area (Å²) < 4.78 is 1.83. The molecule has 4 rings (SSSR count). The Bertz CT molecular complexity index is 818. The van der Waals surface area contributed by atoms with Gasteiger partial charge in [0.05, 0.1) is 17.6 Å². The van der Waals surface area contributed by atoms with Gasteiger partial charge >= 0.3 is 0 Å². The van der Waals surface area contributed by atoms with Crippen LogP contribution in [0.1, 0.15) is 18.5 Å². The van der Waals surface area contributed by atoms with Crippen molar-refractivity contribution in [2.24, 2.45) is 0 Å². The highest BCUT2D eigenvalue weighted by Crippen LogP contribution is 2.20. The third kappa shape index (κ3) is 3.72. The molecule has 2 aromatic heterocycles. The highest BCUT2D eigenvalue weighted by Gasteiger charge is 2.24. The van der Waals surface area contributed by atoms with Crippen LogP contribution in [-0.2, 0) is 6.54 Å². The third-order valence-electron chi connectivity index (χ3n) is 4.88. The molecule has 0 aliphatic carbocycles. The van der Waals surface area contributed by atoms with E-state index in [4.69, 9.17) is 0 Å². The van der Waals surface area contributed by atoms with Crippen LogP contribution >= 0.6 is 0 Å². The smallest absolute Gasteiger partial charge is 0.151 e. The maximum Gasteiger partial charge on any atom is 0.151 e. The summed E-state index contributed by atoms with van der Waals surface area (Å²) in [4.78, 5) is 4.68. The molecule has 3 heterocycles. The summed E-state index contributed by atoms with van der Waals surface area (Å²) in [6.45, 7) is 2.78. The molecular formula is C19H23N7. The Kier molecular flexibility index (Phi) is 4.88. The van der Waals surface area contributed by atoms with Crippen LogP contribution in [0.25, 0.3) is 5.69 Å². The molecule has 7 heteroatoms. The first-order valence-electron chi connectivity index (χ1n) is 8.99. The number of benzene rings is 1. The highest BCUT2D eigenvalue weighted by molar-refractivity contribution is 5.37. The molecule has 1 atom stereocenters. The molecule has 134 valence electrons. The molecular weight excluding hydrogens is 326 g/mol. The van der Waals surface area contributed by atoms with Crippen LogP contribution in [-0.4, -0.2) is 56.3 Å². The Morgan fingerprint density at radius 1 is 1.12 bits per heavy atom. The van der Waals surface area contributed by atoms with Gasteiger partial charge in [0.25, 0.3) is 0 Å². The van der Waals surface area contributed by atoms with Gasteiger partial charge in [0.1, 0.15) is 0 Å². The maximum atomic E-state index is 4.34. The molecule has 1 aliphatic heterocycles. The number of hydrogen-bond donors (Lipinski definition) is 0. The van der Waals surface area contributed by atoms with Gasteiger partial charge in [-0.2, -0.15) is 5.10 Å². The van der Waals surface area contributed by atoms with Crippen LogP contribution in [0.5, 0.6) is 0 Å². The van der Waals surface area contributed by atoms with E-state index in [1.165, 1.54) is 6.42 Å². The van der Waals surface area contributed by atoms with Gasteiger partial charge in [-0.15, -0.1) is 10.2 Å². The van der Waals surface area contributed by atoms with Crippen molar-refractivity contribution in [3.8, 4) is 5.69 Å². The predicted molar refractivity (Wildman–Crippen MR) is 100 cm³/mol. The minimum absolute atomic E-state index is 0.465. The molecule has 1 aliphatic rings. The zero-order chi connectivity index (χ0) is 17.8. The van der Waals surface area contributed by atoms with E-state index in [0.717, 1.165) is 43.3 Å². The second kappa shape index (κ2) is 7.61. The number of piperidine rings is 1. The fraction of sp³-hybridized carbons (Fsp3) is 0.368. The molecule has 0 bridgehead atoms. The summed E-state index contributed by atoms with van der Waals surface area (Å²) in [6.07, 6.45) is 6.06. The van der Waals surface area contributed by atoms with Crippen molar-refractivity contribution < 1.29 is 0 Å². The standard InChI is InChI=1S/C19H23N7/c1-24(13-16-14-26(23-21-16)17-7-3-2-4-8-17)18-9-6-12-25(15-18)19-10-5-11-20-22-19/h2-5,7-8,10-11,14,18H,6,9,12-13,15H2,1H3/t18-/m0/s1. The monoisotopic (exact) mass is 349 g/mol. The van der Waals surface area contributed by atoms with Crippen molar-refractivity contribution in [2.45, 2.75) is 25.4 Å². The highest BCUT2D eigenvalue weighted by atomic mass is 15.4. The average molecular weight is 349 g/mol. The molecule has 26 heavy (non-hydrogen) atoms. The van der Waals surface area contributed by atoms with Crippen molar-refractivity contribution in [2.75, 3.05) is 25.0 Å². The summed E-state index contributed by atoms with van der Waals surface area (Å²) in [7, 11) is 2.16. The molecule has 1 fully saturated rings. The second-order valence-electron chi connectivity index (χ2n) is 6.73. The minimum Gasteiger partial charge on any atom is -0.354 e. The van der Waals surface area contributed by atoms with Crippen LogP contribution in [0.3, 0.4) is 0 Å². The molecule has 0 radical (unpaired) electrons. The Balaban J connectivity index is 1.40. The van der Waals surface area contributed by atoms with Crippen molar-refractivity contribution in [1.82, 2.24) is 30.1 Å². The van der Waals surface area contributed by atoms with Gasteiger partial charge in [-0.1, -0.05) is 23.4 Å². The molecule has 1 saturated heterocycles. The minimum atomic E-state index is 0.465. The van der Waals surface area contributed by atoms with Gasteiger partial charge in [0, 0.05) is 31.9 Å². The molecule has 0 amide bonds. The Morgan fingerprint density at radius 3 is 2.81 bits per heavy atom. The number of nitrogens with zero attached hydrogens (tertiary/aromatic N) is 7. The van der Waals surface area contributed by atoms with Crippen LogP contribution in [0.15, 0.2) is 54.9 Å². The summed E-state index contributed by atoms with van der Waals surface area (Å²) in [5.41, 5.74) is 2.01. The lowest BCUT2D eigenvalue weighted by atomic mass is 10.0. The van der Waals surface area contributed by atoms with Crippen LogP contribution < -0.4 is 4.90 Å².